The van der Waals surface area contributed by atoms with Crippen molar-refractivity contribution in [2.24, 2.45) is 0 Å². The van der Waals surface area contributed by atoms with Crippen LogP contribution in [0.1, 0.15) is 132 Å². The predicted octanol–water partition coefficient (Wildman–Crippen LogP) is 27.5. The molecule has 0 aliphatic carbocycles. The maximum Gasteiger partial charge on any atom is 2.00 e. The van der Waals surface area contributed by atoms with Gasteiger partial charge in [0.25, 0.3) is 0 Å². The number of fused-ring (bicyclic) bond motifs is 9. The summed E-state index contributed by atoms with van der Waals surface area (Å²) in [4.78, 5) is 31.2. The molecular weight excluding hydrogens is 1790 g/mol. The first kappa shape index (κ1) is 84.5. The number of aromatic amines is 1. The summed E-state index contributed by atoms with van der Waals surface area (Å²) in [7, 11) is 0. The van der Waals surface area contributed by atoms with Crippen molar-refractivity contribution >= 4 is 97.3 Å². The van der Waals surface area contributed by atoms with Gasteiger partial charge in [-0.1, -0.05) is 147 Å². The molecule has 0 fully saturated rings. The Morgan fingerprint density at radius 3 is 0.907 bits per heavy atom. The molecule has 118 heavy (non-hydrogen) atoms. The number of rotatable bonds is 11. The number of hydrogen-bond acceptors (Lipinski definition) is 9. The summed E-state index contributed by atoms with van der Waals surface area (Å²) in [5.74, 6) is 3.67. The summed E-state index contributed by atoms with van der Waals surface area (Å²) in [6, 6.07) is 78.0. The van der Waals surface area contributed by atoms with Crippen molar-refractivity contribution in [3.63, 3.8) is 0 Å². The molecule has 0 bridgehead atoms. The van der Waals surface area contributed by atoms with Crippen molar-refractivity contribution < 1.29 is 53.2 Å². The third kappa shape index (κ3) is 19.4. The minimum atomic E-state index is -0.293. The second-order valence-electron chi connectivity index (χ2n) is 33.9. The molecule has 0 aliphatic heterocycles. The van der Waals surface area contributed by atoms with E-state index in [0.717, 1.165) is 119 Å². The topological polar surface area (TPSA) is 136 Å². The zero-order chi connectivity index (χ0) is 83.0. The molecule has 8 heterocycles. The zero-order valence-corrected chi connectivity index (χ0v) is 73.6. The molecule has 0 saturated carbocycles. The Hall–Kier alpha value is -11.4. The minimum Gasteiger partial charge on any atom is -0.460 e. The SMILES string of the molecule is CC(C)(C)c1cc[nH]c(=O)c1.CC(C)(C)c1ccnc(Oc2[c-]c3c4[c-]c(Oc5cc(C(C)(C)C)ccn5)ccc4n(-c4ccc(F)cc4)c3cc2)c1.CC(C)(C)c1ccnc(Oc2ccc3c(c2)c2cc(Oc4cc(C(C)(C)C)ccn4)ccc2n3-c2ccc(F)cc2)c1.Fc1ccc(-n2c3ccc(Br)cc3c3cc(Br)ccc32)cc1.[Pt+2]. The normalized spacial score (nSPS) is 11.9. The van der Waals surface area contributed by atoms with E-state index in [1.54, 1.807) is 73.4 Å². The van der Waals surface area contributed by atoms with Crippen LogP contribution in [-0.2, 0) is 48.1 Å². The van der Waals surface area contributed by atoms with Crippen molar-refractivity contribution in [3.8, 4) is 63.6 Å². The third-order valence-electron chi connectivity index (χ3n) is 20.1. The Labute approximate surface area is 716 Å². The number of nitrogens with one attached hydrogen (secondary N) is 1. The Bertz CT molecular complexity index is 6010. The molecule has 0 aliphatic rings. The fraction of sp³-hybridized carbons (Fsp3) is 0.202. The van der Waals surface area contributed by atoms with Crippen LogP contribution in [0.5, 0.6) is 46.5 Å². The maximum atomic E-state index is 13.8. The molecule has 19 heteroatoms. The average Bonchev–Trinajstić information content (AvgIpc) is 1.60. The molecule has 0 amide bonds. The van der Waals surface area contributed by atoms with E-state index in [4.69, 9.17) is 18.9 Å². The molecular formula is C99H89Br2F3N8O5Pt. The number of H-pyrrole nitrogens is 1. The molecule has 0 saturated heterocycles. The molecule has 0 atom stereocenters. The maximum absolute atomic E-state index is 13.8. The minimum absolute atomic E-state index is 0. The van der Waals surface area contributed by atoms with Gasteiger partial charge >= 0.3 is 21.1 Å². The Balaban J connectivity index is 0.000000149. The van der Waals surface area contributed by atoms with Gasteiger partial charge in [0.2, 0.25) is 29.1 Å². The second-order valence-corrected chi connectivity index (χ2v) is 35.7. The summed E-state index contributed by atoms with van der Waals surface area (Å²) in [5, 5.41) is 5.85. The predicted molar refractivity (Wildman–Crippen MR) is 473 cm³/mol. The van der Waals surface area contributed by atoms with Gasteiger partial charge in [0.1, 0.15) is 29.0 Å². The Kier molecular flexibility index (Phi) is 24.5. The molecule has 0 unspecified atom stereocenters. The number of pyridine rings is 5. The molecule has 600 valence electrons. The van der Waals surface area contributed by atoms with Crippen LogP contribution in [0.2, 0.25) is 0 Å². The van der Waals surface area contributed by atoms with Crippen LogP contribution in [0.15, 0.2) is 275 Å². The average molecular weight is 1880 g/mol. The van der Waals surface area contributed by atoms with E-state index in [0.29, 0.717) is 46.5 Å². The van der Waals surface area contributed by atoms with E-state index < -0.39 is 0 Å². The molecule has 17 aromatic rings. The van der Waals surface area contributed by atoms with Gasteiger partial charge in [0.05, 0.1) is 22.1 Å². The van der Waals surface area contributed by atoms with E-state index in [9.17, 15) is 18.0 Å². The van der Waals surface area contributed by atoms with Gasteiger partial charge in [0.15, 0.2) is 0 Å². The quantitative estimate of drug-likeness (QED) is 0.126. The summed E-state index contributed by atoms with van der Waals surface area (Å²) < 4.78 is 74.2. The van der Waals surface area contributed by atoms with Crippen LogP contribution in [-0.4, -0.2) is 38.6 Å². The number of nitrogens with zero attached hydrogens (tertiary/aromatic N) is 7. The van der Waals surface area contributed by atoms with E-state index >= 15 is 0 Å². The van der Waals surface area contributed by atoms with Crippen LogP contribution in [0.25, 0.3) is 82.5 Å². The number of benzene rings is 9. The van der Waals surface area contributed by atoms with Crippen LogP contribution in [0.4, 0.5) is 13.2 Å². The Morgan fingerprint density at radius 1 is 0.322 bits per heavy atom. The van der Waals surface area contributed by atoms with Crippen molar-refractivity contribution in [1.29, 1.82) is 0 Å². The van der Waals surface area contributed by atoms with Gasteiger partial charge < -0.3 is 37.6 Å². The first-order chi connectivity index (χ1) is 55.5. The standard InChI is InChI=1S/C36H34FN3O2.C36H32FN3O2.C18H10Br2FN.C9H13NO.Pt/c2*1-35(2,3)23-15-17-38-33(19-23)41-27-11-13-31-29(21-27)30-22-28(42-34-20-24(16-18-39-34)36(4,5)6)12-14-32(30)40(31)26-9-7-25(37)8-10-26;19-11-1-7-17-15(9-11)16-10-12(20)2-8-18(16)22(17)14-5-3-13(21)4-6-14;1-9(2,3)7-4-5-10-8(11)6-7;/h7-22H,1-6H3;7-20H,1-6H3;1-10H;4-6H,1-3H3,(H,10,11);/q;-2;;;+2. The molecule has 13 nitrogen and oxygen atoms in total. The van der Waals surface area contributed by atoms with Crippen LogP contribution in [0.3, 0.4) is 0 Å². The van der Waals surface area contributed by atoms with Gasteiger partial charge in [-0.05, 0) is 231 Å². The van der Waals surface area contributed by atoms with Gasteiger partial charge in [-0.2, -0.15) is 10.8 Å². The second kappa shape index (κ2) is 34.3. The van der Waals surface area contributed by atoms with Crippen LogP contribution < -0.4 is 24.5 Å². The van der Waals surface area contributed by atoms with E-state index in [1.807, 2.05) is 127 Å². The van der Waals surface area contributed by atoms with Crippen LogP contribution >= 0.6 is 31.9 Å². The van der Waals surface area contributed by atoms with E-state index in [1.165, 1.54) is 36.4 Å². The fourth-order valence-corrected chi connectivity index (χ4v) is 14.4. The summed E-state index contributed by atoms with van der Waals surface area (Å²) in [6.45, 7) is 32.1. The molecule has 9 aromatic carbocycles. The fourth-order valence-electron chi connectivity index (χ4n) is 13.7. The molecule has 0 spiro atoms. The number of ether oxygens (including phenoxy) is 4. The van der Waals surface area contributed by atoms with Crippen molar-refractivity contribution in [2.45, 2.75) is 131 Å². The number of hydrogen-bond donors (Lipinski definition) is 1. The Morgan fingerprint density at radius 2 is 0.602 bits per heavy atom. The van der Waals surface area contributed by atoms with Crippen molar-refractivity contribution in [1.82, 2.24) is 38.6 Å². The van der Waals surface area contributed by atoms with Crippen molar-refractivity contribution in [2.75, 3.05) is 0 Å². The van der Waals surface area contributed by atoms with Crippen LogP contribution in [0, 0.1) is 29.6 Å². The summed E-state index contributed by atoms with van der Waals surface area (Å²) in [6.07, 6.45) is 8.76. The third-order valence-corrected chi connectivity index (χ3v) is 21.1. The zero-order valence-electron chi connectivity index (χ0n) is 68.2. The molecule has 0 radical (unpaired) electrons. The van der Waals surface area contributed by atoms with Gasteiger partial charge in [-0.25, -0.2) is 33.1 Å². The van der Waals surface area contributed by atoms with Gasteiger partial charge in [-0.3, -0.25) is 4.79 Å². The summed E-state index contributed by atoms with van der Waals surface area (Å²) >= 11 is 7.08. The smallest absolute Gasteiger partial charge is 0.460 e. The molecule has 17 rings (SSSR count). The number of aromatic nitrogens is 8. The van der Waals surface area contributed by atoms with E-state index in [-0.39, 0.29) is 71.2 Å². The molecule has 8 aromatic heterocycles. The first-order valence-corrected chi connectivity index (χ1v) is 40.1. The van der Waals surface area contributed by atoms with Gasteiger partial charge in [-0.15, -0.1) is 36.4 Å². The summed E-state index contributed by atoms with van der Waals surface area (Å²) in [5.41, 5.74) is 14.0. The van der Waals surface area contributed by atoms with Gasteiger partial charge in [0, 0.05) is 120 Å². The van der Waals surface area contributed by atoms with E-state index in [2.05, 4.69) is 211 Å². The molecule has 1 N–H and O–H groups in total. The number of halogens is 5. The first-order valence-electron chi connectivity index (χ1n) is 38.5. The monoisotopic (exact) mass is 1880 g/mol. The largest absolute Gasteiger partial charge is 2.00 e. The van der Waals surface area contributed by atoms with Crippen molar-refractivity contribution in [3.05, 3.63) is 338 Å².